The maximum absolute atomic E-state index is 14.3. The SMILES string of the molecule is COC(=O)[C@H](NC(=O)c1sc(-c2ccccc2)cc1N(C(=O)C1CCC(C)CC1)C1CCN(C)CC1)C(C)C. The number of carbonyl (C=O) groups excluding carboxylic acids is 3. The van der Waals surface area contributed by atoms with E-state index in [1.54, 1.807) is 0 Å². The van der Waals surface area contributed by atoms with Crippen molar-refractivity contribution in [2.45, 2.75) is 71.4 Å². The van der Waals surface area contributed by atoms with Gasteiger partial charge in [0.15, 0.2) is 0 Å². The Bertz CT molecular complexity index is 1130. The van der Waals surface area contributed by atoms with Gasteiger partial charge in [-0.15, -0.1) is 11.3 Å². The summed E-state index contributed by atoms with van der Waals surface area (Å²) in [6, 6.07) is 11.2. The summed E-state index contributed by atoms with van der Waals surface area (Å²) in [5, 5.41) is 2.93. The molecule has 0 spiro atoms. The molecule has 1 aliphatic carbocycles. The Balaban J connectivity index is 1.77. The van der Waals surface area contributed by atoms with Crippen molar-refractivity contribution in [2.75, 3.05) is 32.1 Å². The second-order valence-corrected chi connectivity index (χ2v) is 12.7. The second-order valence-electron chi connectivity index (χ2n) is 11.6. The molecule has 8 heteroatoms. The zero-order valence-corrected chi connectivity index (χ0v) is 24.8. The zero-order valence-electron chi connectivity index (χ0n) is 23.9. The van der Waals surface area contributed by atoms with Gasteiger partial charge in [-0.25, -0.2) is 4.79 Å². The van der Waals surface area contributed by atoms with Crippen molar-refractivity contribution in [3.8, 4) is 10.4 Å². The number of hydrogen-bond donors (Lipinski definition) is 1. The Morgan fingerprint density at radius 2 is 1.67 bits per heavy atom. The largest absolute Gasteiger partial charge is 0.467 e. The lowest BCUT2D eigenvalue weighted by Gasteiger charge is -2.40. The number of thiophene rings is 1. The number of methoxy groups -OCH3 is 1. The van der Waals surface area contributed by atoms with Crippen LogP contribution in [-0.4, -0.2) is 62.0 Å². The van der Waals surface area contributed by atoms with Gasteiger partial charge in [-0.1, -0.05) is 51.1 Å². The molecule has 1 saturated carbocycles. The highest BCUT2D eigenvalue weighted by Crippen LogP contribution is 2.41. The summed E-state index contributed by atoms with van der Waals surface area (Å²) in [7, 11) is 3.44. The van der Waals surface area contributed by atoms with Crippen LogP contribution in [0.5, 0.6) is 0 Å². The number of hydrogen-bond acceptors (Lipinski definition) is 6. The number of benzene rings is 1. The van der Waals surface area contributed by atoms with E-state index >= 15 is 0 Å². The Morgan fingerprint density at radius 3 is 2.26 bits per heavy atom. The van der Waals surface area contributed by atoms with E-state index in [2.05, 4.69) is 24.2 Å². The molecule has 2 aromatic rings. The fourth-order valence-corrected chi connectivity index (χ4v) is 6.81. The van der Waals surface area contributed by atoms with Crippen molar-refractivity contribution in [3.05, 3.63) is 41.3 Å². The van der Waals surface area contributed by atoms with Crippen LogP contribution >= 0.6 is 11.3 Å². The first-order valence-corrected chi connectivity index (χ1v) is 15.1. The highest BCUT2D eigenvalue weighted by atomic mass is 32.1. The molecule has 1 saturated heterocycles. The van der Waals surface area contributed by atoms with Gasteiger partial charge in [0.2, 0.25) is 5.91 Å². The number of carbonyl (C=O) groups is 3. The van der Waals surface area contributed by atoms with Crippen molar-refractivity contribution in [1.82, 2.24) is 10.2 Å². The van der Waals surface area contributed by atoms with Gasteiger partial charge in [0, 0.05) is 16.8 Å². The second kappa shape index (κ2) is 13.1. The average Bonchev–Trinajstić information content (AvgIpc) is 3.38. The van der Waals surface area contributed by atoms with Gasteiger partial charge in [0.25, 0.3) is 5.91 Å². The van der Waals surface area contributed by atoms with Crippen LogP contribution < -0.4 is 10.2 Å². The van der Waals surface area contributed by atoms with Crippen molar-refractivity contribution >= 4 is 34.8 Å². The molecule has 1 aliphatic heterocycles. The van der Waals surface area contributed by atoms with Gasteiger partial charge in [0.1, 0.15) is 10.9 Å². The number of esters is 1. The summed E-state index contributed by atoms with van der Waals surface area (Å²) >= 11 is 1.38. The molecule has 0 radical (unpaired) electrons. The van der Waals surface area contributed by atoms with E-state index < -0.39 is 12.0 Å². The number of nitrogens with zero attached hydrogens (tertiary/aromatic N) is 2. The van der Waals surface area contributed by atoms with Crippen LogP contribution in [0.15, 0.2) is 36.4 Å². The van der Waals surface area contributed by atoms with E-state index in [1.807, 2.05) is 55.1 Å². The molecule has 2 fully saturated rings. The summed E-state index contributed by atoms with van der Waals surface area (Å²) in [6.45, 7) is 7.83. The fraction of sp³-hybridized carbons (Fsp3) is 0.581. The molecule has 212 valence electrons. The van der Waals surface area contributed by atoms with Crippen molar-refractivity contribution in [2.24, 2.45) is 17.8 Å². The summed E-state index contributed by atoms with van der Waals surface area (Å²) in [5.74, 6) is -0.214. The first-order chi connectivity index (χ1) is 18.7. The highest BCUT2D eigenvalue weighted by molar-refractivity contribution is 7.18. The van der Waals surface area contributed by atoms with E-state index in [0.29, 0.717) is 16.5 Å². The maximum atomic E-state index is 14.3. The summed E-state index contributed by atoms with van der Waals surface area (Å²) in [5.41, 5.74) is 1.67. The minimum Gasteiger partial charge on any atom is -0.467 e. The smallest absolute Gasteiger partial charge is 0.328 e. The van der Waals surface area contributed by atoms with Crippen LogP contribution in [0.25, 0.3) is 10.4 Å². The predicted octanol–water partition coefficient (Wildman–Crippen LogP) is 5.60. The summed E-state index contributed by atoms with van der Waals surface area (Å²) in [6.07, 6.45) is 5.60. The Labute approximate surface area is 236 Å². The van der Waals surface area contributed by atoms with Crippen molar-refractivity contribution < 1.29 is 19.1 Å². The van der Waals surface area contributed by atoms with Crippen LogP contribution in [0.2, 0.25) is 0 Å². The van der Waals surface area contributed by atoms with Crippen LogP contribution in [0.1, 0.15) is 69.0 Å². The number of ether oxygens (including phenoxy) is 1. The lowest BCUT2D eigenvalue weighted by molar-refractivity contribution is -0.144. The van der Waals surface area contributed by atoms with Gasteiger partial charge in [-0.05, 0) is 82.1 Å². The number of amides is 2. The predicted molar refractivity (Wildman–Crippen MR) is 157 cm³/mol. The van der Waals surface area contributed by atoms with Crippen LogP contribution in [0.4, 0.5) is 5.69 Å². The number of anilines is 1. The minimum atomic E-state index is -0.773. The van der Waals surface area contributed by atoms with E-state index in [-0.39, 0.29) is 29.7 Å². The number of likely N-dealkylation sites (tertiary alicyclic amines) is 1. The highest BCUT2D eigenvalue weighted by Gasteiger charge is 2.37. The van der Waals surface area contributed by atoms with Crippen LogP contribution in [0, 0.1) is 17.8 Å². The van der Waals surface area contributed by atoms with E-state index in [0.717, 1.165) is 62.1 Å². The normalized spacial score (nSPS) is 21.4. The first kappa shape index (κ1) is 29.3. The van der Waals surface area contributed by atoms with Gasteiger partial charge >= 0.3 is 5.97 Å². The monoisotopic (exact) mass is 553 g/mol. The maximum Gasteiger partial charge on any atom is 0.328 e. The third kappa shape index (κ3) is 6.90. The Morgan fingerprint density at radius 1 is 1.03 bits per heavy atom. The molecule has 2 aliphatic rings. The number of piperidine rings is 1. The standard InChI is InChI=1S/C31H43N3O4S/c1-20(2)27(31(37)38-5)32-29(35)28-25(19-26(39-28)22-9-7-6-8-10-22)34(24-15-17-33(4)18-16-24)30(36)23-13-11-21(3)12-14-23/h6-10,19-21,23-24,27H,11-18H2,1-5H3,(H,32,35)/t21?,23?,27-/m1/s1. The third-order valence-electron chi connectivity index (χ3n) is 8.30. The lowest BCUT2D eigenvalue weighted by Crippen LogP contribution is -2.50. The van der Waals surface area contributed by atoms with E-state index in [9.17, 15) is 14.4 Å². The molecule has 7 nitrogen and oxygen atoms in total. The average molecular weight is 554 g/mol. The molecule has 39 heavy (non-hydrogen) atoms. The molecule has 1 atom stereocenters. The van der Waals surface area contributed by atoms with Gasteiger partial charge in [-0.3, -0.25) is 9.59 Å². The third-order valence-corrected chi connectivity index (χ3v) is 9.47. The molecule has 1 aromatic carbocycles. The summed E-state index contributed by atoms with van der Waals surface area (Å²) in [4.78, 5) is 46.3. The minimum absolute atomic E-state index is 0.0272. The van der Waals surface area contributed by atoms with Crippen LogP contribution in [0.3, 0.4) is 0 Å². The first-order valence-electron chi connectivity index (χ1n) is 14.3. The topological polar surface area (TPSA) is 79.0 Å². The van der Waals surface area contributed by atoms with E-state index in [1.165, 1.54) is 18.4 Å². The molecule has 4 rings (SSSR count). The van der Waals surface area contributed by atoms with Gasteiger partial charge in [0.05, 0.1) is 12.8 Å². The van der Waals surface area contributed by atoms with Crippen molar-refractivity contribution in [1.29, 1.82) is 0 Å². The quantitative estimate of drug-likeness (QED) is 0.431. The fourth-order valence-electron chi connectivity index (χ4n) is 5.75. The molecule has 1 N–H and O–H groups in total. The molecular weight excluding hydrogens is 510 g/mol. The zero-order chi connectivity index (χ0) is 28.1. The Kier molecular flexibility index (Phi) is 9.83. The van der Waals surface area contributed by atoms with E-state index in [4.69, 9.17) is 4.74 Å². The number of nitrogens with one attached hydrogen (secondary N) is 1. The van der Waals surface area contributed by atoms with Crippen LogP contribution in [-0.2, 0) is 14.3 Å². The van der Waals surface area contributed by atoms with Gasteiger partial charge < -0.3 is 19.9 Å². The molecule has 2 heterocycles. The lowest BCUT2D eigenvalue weighted by atomic mass is 9.82. The molecule has 0 unspecified atom stereocenters. The molecule has 2 amide bonds. The molecule has 0 bridgehead atoms. The molecule has 1 aromatic heterocycles. The molecular formula is C31H43N3O4S. The Hall–Kier alpha value is -2.71. The summed E-state index contributed by atoms with van der Waals surface area (Å²) < 4.78 is 4.97. The number of rotatable bonds is 8. The van der Waals surface area contributed by atoms with Crippen molar-refractivity contribution in [3.63, 3.8) is 0 Å². The van der Waals surface area contributed by atoms with Gasteiger partial charge in [-0.2, -0.15) is 0 Å².